The Morgan fingerprint density at radius 1 is 0.909 bits per heavy atom. The first kappa shape index (κ1) is 14.0. The number of nitrogens with zero attached hydrogens (tertiary/aromatic N) is 3. The molecule has 1 aromatic heterocycles. The summed E-state index contributed by atoms with van der Waals surface area (Å²) in [5.41, 5.74) is 3.85. The highest BCUT2D eigenvalue weighted by atomic mass is 16.1. The molecule has 0 unspecified atom stereocenters. The molecule has 0 saturated carbocycles. The normalized spacial score (nSPS) is 11.2. The van der Waals surface area contributed by atoms with Crippen LogP contribution in [-0.2, 0) is 7.05 Å². The van der Waals surface area contributed by atoms with Gasteiger partial charge >= 0.3 is 0 Å². The molecule has 110 valence electrons. The summed E-state index contributed by atoms with van der Waals surface area (Å²) in [5.74, 6) is 0. The molecule has 0 bridgehead atoms. The van der Waals surface area contributed by atoms with Crippen LogP contribution in [-0.4, -0.2) is 9.78 Å². The molecule has 5 heteroatoms. The molecule has 0 amide bonds. The Bertz CT molecular complexity index is 858. The van der Waals surface area contributed by atoms with Gasteiger partial charge in [0.2, 0.25) is 0 Å². The number of azo groups is 1. The monoisotopic (exact) mass is 292 g/mol. The van der Waals surface area contributed by atoms with E-state index in [1.165, 1.54) is 4.68 Å². The Hall–Kier alpha value is -2.95. The van der Waals surface area contributed by atoms with Crippen LogP contribution in [0.15, 0.2) is 69.6 Å². The third-order valence-electron chi connectivity index (χ3n) is 3.44. The van der Waals surface area contributed by atoms with E-state index in [1.54, 1.807) is 14.0 Å². The van der Waals surface area contributed by atoms with E-state index in [0.717, 1.165) is 11.1 Å². The minimum Gasteiger partial charge on any atom is -0.298 e. The molecule has 1 heterocycles. The van der Waals surface area contributed by atoms with Gasteiger partial charge in [-0.15, -0.1) is 5.11 Å². The zero-order valence-corrected chi connectivity index (χ0v) is 12.4. The summed E-state index contributed by atoms with van der Waals surface area (Å²) in [5, 5.41) is 11.1. The fourth-order valence-electron chi connectivity index (χ4n) is 2.25. The van der Waals surface area contributed by atoms with Crippen LogP contribution in [0.25, 0.3) is 11.1 Å². The molecule has 0 aliphatic heterocycles. The van der Waals surface area contributed by atoms with E-state index in [1.807, 2.05) is 42.5 Å². The zero-order chi connectivity index (χ0) is 15.5. The average molecular weight is 292 g/mol. The number of hydrogen-bond donors (Lipinski definition) is 1. The average Bonchev–Trinajstić information content (AvgIpc) is 2.79. The lowest BCUT2D eigenvalue weighted by molar-refractivity contribution is 0.731. The summed E-state index contributed by atoms with van der Waals surface area (Å²) < 4.78 is 1.39. The fraction of sp³-hybridized carbons (Fsp3) is 0.118. The van der Waals surface area contributed by atoms with E-state index in [9.17, 15) is 4.79 Å². The van der Waals surface area contributed by atoms with Crippen molar-refractivity contribution in [1.82, 2.24) is 9.78 Å². The van der Waals surface area contributed by atoms with Gasteiger partial charge in [-0.25, -0.2) is 0 Å². The second kappa shape index (κ2) is 5.81. The predicted molar refractivity (Wildman–Crippen MR) is 86.8 cm³/mol. The Balaban J connectivity index is 1.85. The quantitative estimate of drug-likeness (QED) is 0.726. The smallest absolute Gasteiger partial charge is 0.294 e. The van der Waals surface area contributed by atoms with Crippen LogP contribution in [0.1, 0.15) is 5.69 Å². The molecule has 0 atom stereocenters. The number of aryl methyl sites for hydroxylation is 2. The number of H-pyrrole nitrogens is 1. The number of aromatic nitrogens is 2. The van der Waals surface area contributed by atoms with Gasteiger partial charge in [0.1, 0.15) is 0 Å². The molecule has 3 rings (SSSR count). The summed E-state index contributed by atoms with van der Waals surface area (Å²) in [4.78, 5) is 11.8. The Morgan fingerprint density at radius 3 is 2.14 bits per heavy atom. The first-order valence-electron chi connectivity index (χ1n) is 6.98. The van der Waals surface area contributed by atoms with Crippen LogP contribution in [0.3, 0.4) is 0 Å². The largest absolute Gasteiger partial charge is 0.298 e. The third kappa shape index (κ3) is 2.74. The number of hydrogen-bond acceptors (Lipinski definition) is 3. The second-order valence-electron chi connectivity index (χ2n) is 5.06. The van der Waals surface area contributed by atoms with E-state index >= 15 is 0 Å². The maximum atomic E-state index is 11.8. The van der Waals surface area contributed by atoms with Gasteiger partial charge < -0.3 is 0 Å². The van der Waals surface area contributed by atoms with Crippen molar-refractivity contribution >= 4 is 11.4 Å². The van der Waals surface area contributed by atoms with Crippen molar-refractivity contribution in [2.24, 2.45) is 17.3 Å². The van der Waals surface area contributed by atoms with Gasteiger partial charge in [0.15, 0.2) is 5.69 Å². The maximum Gasteiger partial charge on any atom is 0.294 e. The van der Waals surface area contributed by atoms with Crippen molar-refractivity contribution in [3.63, 3.8) is 0 Å². The summed E-state index contributed by atoms with van der Waals surface area (Å²) in [6.07, 6.45) is 0. The molecular formula is C17H16N4O. The van der Waals surface area contributed by atoms with E-state index in [0.29, 0.717) is 17.1 Å². The van der Waals surface area contributed by atoms with Gasteiger partial charge in [-0.3, -0.25) is 14.6 Å². The van der Waals surface area contributed by atoms with Gasteiger partial charge in [-0.1, -0.05) is 42.5 Å². The van der Waals surface area contributed by atoms with Gasteiger partial charge in [0.25, 0.3) is 5.56 Å². The van der Waals surface area contributed by atoms with Crippen LogP contribution >= 0.6 is 0 Å². The molecular weight excluding hydrogens is 276 g/mol. The van der Waals surface area contributed by atoms with Crippen molar-refractivity contribution < 1.29 is 0 Å². The van der Waals surface area contributed by atoms with E-state index < -0.39 is 0 Å². The topological polar surface area (TPSA) is 62.5 Å². The van der Waals surface area contributed by atoms with Crippen LogP contribution in [0.2, 0.25) is 0 Å². The highest BCUT2D eigenvalue weighted by molar-refractivity contribution is 5.65. The van der Waals surface area contributed by atoms with Crippen LogP contribution < -0.4 is 5.56 Å². The van der Waals surface area contributed by atoms with E-state index in [-0.39, 0.29) is 5.56 Å². The molecule has 3 aromatic rings. The first-order valence-corrected chi connectivity index (χ1v) is 6.98. The predicted octanol–water partition coefficient (Wildman–Crippen LogP) is 4.10. The molecule has 0 aliphatic carbocycles. The number of nitrogens with one attached hydrogen (secondary N) is 1. The summed E-state index contributed by atoms with van der Waals surface area (Å²) in [7, 11) is 1.66. The fourth-order valence-corrected chi connectivity index (χ4v) is 2.25. The number of aromatic amines is 1. The zero-order valence-electron chi connectivity index (χ0n) is 12.4. The molecule has 0 radical (unpaired) electrons. The van der Waals surface area contributed by atoms with Crippen molar-refractivity contribution in [3.8, 4) is 11.1 Å². The van der Waals surface area contributed by atoms with Gasteiger partial charge in [0, 0.05) is 7.05 Å². The van der Waals surface area contributed by atoms with E-state index in [4.69, 9.17) is 0 Å². The van der Waals surface area contributed by atoms with E-state index in [2.05, 4.69) is 27.5 Å². The Labute approximate surface area is 127 Å². The highest BCUT2D eigenvalue weighted by Gasteiger charge is 2.07. The highest BCUT2D eigenvalue weighted by Crippen LogP contribution is 2.23. The molecule has 5 nitrogen and oxygen atoms in total. The Kier molecular flexibility index (Phi) is 3.70. The summed E-state index contributed by atoms with van der Waals surface area (Å²) >= 11 is 0. The van der Waals surface area contributed by atoms with Crippen LogP contribution in [0, 0.1) is 6.92 Å². The standard InChI is InChI=1S/C17H16N4O/c1-12-16(17(22)21(2)20-12)19-18-15-10-8-14(9-11-15)13-6-4-3-5-7-13/h3-11,20H,1-2H3. The molecule has 1 N–H and O–H groups in total. The minimum atomic E-state index is -0.179. The Morgan fingerprint density at radius 2 is 1.55 bits per heavy atom. The molecule has 0 saturated heterocycles. The second-order valence-corrected chi connectivity index (χ2v) is 5.06. The van der Waals surface area contributed by atoms with Gasteiger partial charge in [0.05, 0.1) is 11.4 Å². The lowest BCUT2D eigenvalue weighted by Gasteiger charge is -2.00. The maximum absolute atomic E-state index is 11.8. The van der Waals surface area contributed by atoms with Gasteiger partial charge in [-0.2, -0.15) is 5.11 Å². The van der Waals surface area contributed by atoms with Crippen molar-refractivity contribution in [1.29, 1.82) is 0 Å². The number of rotatable bonds is 3. The molecule has 0 spiro atoms. The van der Waals surface area contributed by atoms with Crippen LogP contribution in [0.4, 0.5) is 11.4 Å². The number of benzene rings is 2. The van der Waals surface area contributed by atoms with Crippen molar-refractivity contribution in [2.75, 3.05) is 0 Å². The molecule has 2 aromatic carbocycles. The van der Waals surface area contributed by atoms with Crippen molar-refractivity contribution in [2.45, 2.75) is 6.92 Å². The minimum absolute atomic E-state index is 0.179. The third-order valence-corrected chi connectivity index (χ3v) is 3.44. The first-order chi connectivity index (χ1) is 10.6. The van der Waals surface area contributed by atoms with Gasteiger partial charge in [-0.05, 0) is 30.2 Å². The SMILES string of the molecule is Cc1[nH]n(C)c(=O)c1N=Nc1ccc(-c2ccccc2)cc1. The molecule has 0 fully saturated rings. The lowest BCUT2D eigenvalue weighted by atomic mass is 10.1. The van der Waals surface area contributed by atoms with Crippen molar-refractivity contribution in [3.05, 3.63) is 70.6 Å². The molecule has 0 aliphatic rings. The summed E-state index contributed by atoms with van der Waals surface area (Å²) in [6, 6.07) is 17.9. The van der Waals surface area contributed by atoms with Crippen LogP contribution in [0.5, 0.6) is 0 Å². The lowest BCUT2D eigenvalue weighted by Crippen LogP contribution is -2.10. The molecule has 22 heavy (non-hydrogen) atoms. The summed E-state index contributed by atoms with van der Waals surface area (Å²) in [6.45, 7) is 1.80.